The molecular weight excluding hydrogens is 565 g/mol. The van der Waals surface area contributed by atoms with Gasteiger partial charge in [-0.3, -0.25) is 0 Å². The SMILES string of the molecule is c1ccc(-c2cccc(-c3cccc4c3-c3cc(-c5c6ccccc6c(-c6ccccc6)c6ccccc56)ccc3C3CC43)c2)cc1. The summed E-state index contributed by atoms with van der Waals surface area (Å²) in [6.07, 6.45) is 1.24. The Kier molecular flexibility index (Phi) is 5.87. The van der Waals surface area contributed by atoms with Gasteiger partial charge in [-0.15, -0.1) is 0 Å². The van der Waals surface area contributed by atoms with Gasteiger partial charge in [0.25, 0.3) is 0 Å². The molecule has 0 bridgehead atoms. The Morgan fingerprint density at radius 3 is 1.51 bits per heavy atom. The van der Waals surface area contributed by atoms with Gasteiger partial charge in [0.2, 0.25) is 0 Å². The molecule has 0 radical (unpaired) electrons. The first-order chi connectivity index (χ1) is 23.3. The van der Waals surface area contributed by atoms with Crippen LogP contribution in [0, 0.1) is 0 Å². The Bertz CT molecular complexity index is 2430. The lowest BCUT2D eigenvalue weighted by molar-refractivity contribution is 1.01. The van der Waals surface area contributed by atoms with Crippen LogP contribution in [0.25, 0.3) is 77.2 Å². The molecule has 0 aliphatic heterocycles. The third kappa shape index (κ3) is 4.15. The van der Waals surface area contributed by atoms with Crippen LogP contribution in [0.3, 0.4) is 0 Å². The average molecular weight is 597 g/mol. The summed E-state index contributed by atoms with van der Waals surface area (Å²) < 4.78 is 0. The van der Waals surface area contributed by atoms with Crippen LogP contribution in [0.4, 0.5) is 0 Å². The zero-order chi connectivity index (χ0) is 30.9. The van der Waals surface area contributed by atoms with E-state index in [1.54, 1.807) is 0 Å². The molecule has 1 saturated carbocycles. The highest BCUT2D eigenvalue weighted by Gasteiger charge is 2.46. The molecule has 0 amide bonds. The van der Waals surface area contributed by atoms with Crippen molar-refractivity contribution >= 4 is 21.5 Å². The van der Waals surface area contributed by atoms with Gasteiger partial charge in [-0.1, -0.05) is 158 Å². The smallest absolute Gasteiger partial charge is 0.00262 e. The van der Waals surface area contributed by atoms with Crippen molar-refractivity contribution in [2.45, 2.75) is 18.3 Å². The standard InChI is InChI=1S/C47H32/c1-3-13-30(14-4-1)32-17-11-18-33(27-32)35-23-12-24-41-43-29-42(43)36-26-25-34(28-44(36)47(35)41)46-39-21-9-7-19-37(39)45(31-15-5-2-6-16-31)38-20-8-10-22-40(38)46/h1-28,42-43H,29H2. The maximum atomic E-state index is 2.52. The summed E-state index contributed by atoms with van der Waals surface area (Å²) in [5, 5.41) is 5.20. The minimum atomic E-state index is 0.617. The predicted molar refractivity (Wildman–Crippen MR) is 199 cm³/mol. The van der Waals surface area contributed by atoms with Gasteiger partial charge >= 0.3 is 0 Å². The van der Waals surface area contributed by atoms with Crippen molar-refractivity contribution in [2.24, 2.45) is 0 Å². The summed E-state index contributed by atoms with van der Waals surface area (Å²) >= 11 is 0. The van der Waals surface area contributed by atoms with E-state index in [1.165, 1.54) is 94.7 Å². The van der Waals surface area contributed by atoms with Crippen LogP contribution in [0.15, 0.2) is 170 Å². The fourth-order valence-corrected chi connectivity index (χ4v) is 8.41. The normalized spacial score (nSPS) is 16.0. The van der Waals surface area contributed by atoms with Crippen molar-refractivity contribution in [2.75, 3.05) is 0 Å². The number of rotatable bonds is 4. The van der Waals surface area contributed by atoms with Gasteiger partial charge in [0, 0.05) is 0 Å². The highest BCUT2D eigenvalue weighted by Crippen LogP contribution is 2.64. The Morgan fingerprint density at radius 1 is 0.298 bits per heavy atom. The molecule has 8 aromatic carbocycles. The molecule has 2 atom stereocenters. The number of fused-ring (bicyclic) bond motifs is 8. The number of benzene rings is 8. The zero-order valence-electron chi connectivity index (χ0n) is 26.0. The summed E-state index contributed by atoms with van der Waals surface area (Å²) in [5.41, 5.74) is 16.1. The second kappa shape index (κ2) is 10.4. The van der Waals surface area contributed by atoms with Gasteiger partial charge < -0.3 is 0 Å². The van der Waals surface area contributed by atoms with Crippen molar-refractivity contribution in [1.82, 2.24) is 0 Å². The largest absolute Gasteiger partial charge is 0.0622 e. The highest BCUT2D eigenvalue weighted by atomic mass is 14.5. The van der Waals surface area contributed by atoms with Crippen molar-refractivity contribution in [3.8, 4) is 55.6 Å². The molecule has 0 aromatic heterocycles. The van der Waals surface area contributed by atoms with E-state index in [0.717, 1.165) is 0 Å². The summed E-state index contributed by atoms with van der Waals surface area (Å²) in [6.45, 7) is 0. The predicted octanol–water partition coefficient (Wildman–Crippen LogP) is 12.9. The zero-order valence-corrected chi connectivity index (χ0v) is 26.0. The van der Waals surface area contributed by atoms with Crippen LogP contribution in [0.1, 0.15) is 29.4 Å². The van der Waals surface area contributed by atoms with Crippen molar-refractivity contribution in [1.29, 1.82) is 0 Å². The molecule has 1 fully saturated rings. The van der Waals surface area contributed by atoms with E-state index in [0.29, 0.717) is 11.8 Å². The molecule has 220 valence electrons. The fraction of sp³-hybridized carbons (Fsp3) is 0.0638. The fourth-order valence-electron chi connectivity index (χ4n) is 8.41. The van der Waals surface area contributed by atoms with Crippen LogP contribution in [0.2, 0.25) is 0 Å². The molecule has 0 N–H and O–H groups in total. The van der Waals surface area contributed by atoms with E-state index in [2.05, 4.69) is 170 Å². The monoisotopic (exact) mass is 596 g/mol. The topological polar surface area (TPSA) is 0 Å². The Labute approximate surface area is 275 Å². The summed E-state index contributed by atoms with van der Waals surface area (Å²) in [4.78, 5) is 0. The third-order valence-corrected chi connectivity index (χ3v) is 10.6. The van der Waals surface area contributed by atoms with Gasteiger partial charge in [-0.2, -0.15) is 0 Å². The minimum Gasteiger partial charge on any atom is -0.0622 e. The molecule has 8 aromatic rings. The van der Waals surface area contributed by atoms with Crippen LogP contribution in [0.5, 0.6) is 0 Å². The number of hydrogen-bond acceptors (Lipinski definition) is 0. The minimum absolute atomic E-state index is 0.617. The van der Waals surface area contributed by atoms with E-state index in [-0.39, 0.29) is 0 Å². The molecule has 0 spiro atoms. The van der Waals surface area contributed by atoms with Crippen LogP contribution >= 0.6 is 0 Å². The molecule has 2 aliphatic carbocycles. The van der Waals surface area contributed by atoms with Crippen LogP contribution < -0.4 is 0 Å². The highest BCUT2D eigenvalue weighted by molar-refractivity contribution is 6.21. The molecule has 0 heteroatoms. The molecular formula is C47H32. The summed E-state index contributed by atoms with van der Waals surface area (Å²) in [5.74, 6) is 1.24. The molecule has 2 unspecified atom stereocenters. The van der Waals surface area contributed by atoms with Gasteiger partial charge in [0.05, 0.1) is 0 Å². The first-order valence-corrected chi connectivity index (χ1v) is 16.8. The quantitative estimate of drug-likeness (QED) is 0.177. The molecule has 0 nitrogen and oxygen atoms in total. The Hall–Kier alpha value is -5.72. The number of hydrogen-bond donors (Lipinski definition) is 0. The second-order valence-electron chi connectivity index (χ2n) is 13.2. The third-order valence-electron chi connectivity index (χ3n) is 10.6. The lowest BCUT2D eigenvalue weighted by Crippen LogP contribution is -2.02. The molecule has 2 aliphatic rings. The molecule has 0 heterocycles. The van der Waals surface area contributed by atoms with Gasteiger partial charge in [0.1, 0.15) is 0 Å². The average Bonchev–Trinajstić information content (AvgIpc) is 3.96. The maximum absolute atomic E-state index is 2.52. The van der Waals surface area contributed by atoms with Gasteiger partial charge in [-0.05, 0) is 119 Å². The van der Waals surface area contributed by atoms with E-state index in [9.17, 15) is 0 Å². The Morgan fingerprint density at radius 2 is 0.830 bits per heavy atom. The van der Waals surface area contributed by atoms with Crippen molar-refractivity contribution < 1.29 is 0 Å². The maximum Gasteiger partial charge on any atom is -0.00262 e. The lowest BCUT2D eigenvalue weighted by atomic mass is 9.79. The van der Waals surface area contributed by atoms with Gasteiger partial charge in [0.15, 0.2) is 0 Å². The van der Waals surface area contributed by atoms with Gasteiger partial charge in [-0.25, -0.2) is 0 Å². The second-order valence-corrected chi connectivity index (χ2v) is 13.2. The lowest BCUT2D eigenvalue weighted by Gasteiger charge is -2.24. The van der Waals surface area contributed by atoms with Crippen LogP contribution in [-0.4, -0.2) is 0 Å². The van der Waals surface area contributed by atoms with E-state index in [1.807, 2.05) is 0 Å². The summed E-state index contributed by atoms with van der Waals surface area (Å²) in [6, 6.07) is 63.0. The van der Waals surface area contributed by atoms with E-state index < -0.39 is 0 Å². The van der Waals surface area contributed by atoms with Crippen molar-refractivity contribution in [3.63, 3.8) is 0 Å². The van der Waals surface area contributed by atoms with E-state index in [4.69, 9.17) is 0 Å². The van der Waals surface area contributed by atoms with E-state index >= 15 is 0 Å². The molecule has 47 heavy (non-hydrogen) atoms. The molecule has 10 rings (SSSR count). The summed E-state index contributed by atoms with van der Waals surface area (Å²) in [7, 11) is 0. The molecule has 0 saturated heterocycles. The Balaban J connectivity index is 1.22. The first-order valence-electron chi connectivity index (χ1n) is 16.8. The van der Waals surface area contributed by atoms with Crippen molar-refractivity contribution in [3.05, 3.63) is 181 Å². The first kappa shape index (κ1) is 26.5. The van der Waals surface area contributed by atoms with Crippen LogP contribution in [-0.2, 0) is 0 Å².